The van der Waals surface area contributed by atoms with Crippen LogP contribution in [0, 0.1) is 6.92 Å². The highest BCUT2D eigenvalue weighted by atomic mass is 32.2. The number of benzene rings is 2. The number of amides is 1. The van der Waals surface area contributed by atoms with E-state index in [9.17, 15) is 4.79 Å². The summed E-state index contributed by atoms with van der Waals surface area (Å²) in [4.78, 5) is 12.5. The molecule has 0 aliphatic rings. The van der Waals surface area contributed by atoms with Gasteiger partial charge in [0.15, 0.2) is 5.82 Å². The second-order valence-electron chi connectivity index (χ2n) is 6.33. The summed E-state index contributed by atoms with van der Waals surface area (Å²) < 4.78 is 6.72. The van der Waals surface area contributed by atoms with E-state index in [-0.39, 0.29) is 11.2 Å². The molecule has 3 aromatic rings. The fraction of sp³-hybridized carbons (Fsp3) is 0.250. The minimum atomic E-state index is -0.382. The number of carbonyl (C=O) groups excluding carboxylic acids is 1. The molecule has 8 heteroatoms. The van der Waals surface area contributed by atoms with Crippen molar-refractivity contribution in [1.82, 2.24) is 20.2 Å². The molecule has 7 nitrogen and oxygen atoms in total. The third-order valence-electron chi connectivity index (χ3n) is 4.27. The summed E-state index contributed by atoms with van der Waals surface area (Å²) >= 11 is 1.26. The van der Waals surface area contributed by atoms with Crippen molar-refractivity contribution >= 4 is 17.7 Å². The van der Waals surface area contributed by atoms with E-state index in [0.717, 1.165) is 22.4 Å². The average Bonchev–Trinajstić information content (AvgIpc) is 3.07. The van der Waals surface area contributed by atoms with Gasteiger partial charge in [-0.3, -0.25) is 4.79 Å². The molecular weight excluding hydrogens is 374 g/mol. The SMILES string of the molecule is COc1ccccc1CNC(=O)[C@H](C)Sc1nnc(-c2ccc(C)cc2)n1N. The average molecular weight is 398 g/mol. The lowest BCUT2D eigenvalue weighted by atomic mass is 10.1. The molecule has 3 rings (SSSR count). The standard InChI is InChI=1S/C20H23N5O2S/c1-13-8-10-15(11-9-13)18-23-24-20(25(18)21)28-14(2)19(26)22-12-16-6-4-5-7-17(16)27-3/h4-11,14H,12,21H2,1-3H3,(H,22,26)/t14-/m0/s1. The lowest BCUT2D eigenvalue weighted by molar-refractivity contribution is -0.120. The predicted molar refractivity (Wildman–Crippen MR) is 111 cm³/mol. The highest BCUT2D eigenvalue weighted by molar-refractivity contribution is 8.00. The number of rotatable bonds is 7. The molecule has 2 aromatic carbocycles. The van der Waals surface area contributed by atoms with E-state index in [1.54, 1.807) is 7.11 Å². The molecule has 0 spiro atoms. The molecule has 0 radical (unpaired) electrons. The van der Waals surface area contributed by atoms with Crippen LogP contribution >= 0.6 is 11.8 Å². The molecule has 0 aliphatic carbocycles. The Bertz CT molecular complexity index is 955. The fourth-order valence-corrected chi connectivity index (χ4v) is 3.44. The van der Waals surface area contributed by atoms with Crippen molar-refractivity contribution in [2.24, 2.45) is 0 Å². The number of nitrogens with zero attached hydrogens (tertiary/aromatic N) is 3. The van der Waals surface area contributed by atoms with Gasteiger partial charge in [0.25, 0.3) is 0 Å². The number of methoxy groups -OCH3 is 1. The Labute approximate surface area is 168 Å². The van der Waals surface area contributed by atoms with E-state index >= 15 is 0 Å². The van der Waals surface area contributed by atoms with Crippen LogP contribution in [0.25, 0.3) is 11.4 Å². The van der Waals surface area contributed by atoms with Crippen LogP contribution in [0.1, 0.15) is 18.1 Å². The Morgan fingerprint density at radius 3 is 2.64 bits per heavy atom. The third-order valence-corrected chi connectivity index (χ3v) is 5.33. The van der Waals surface area contributed by atoms with E-state index in [1.165, 1.54) is 16.4 Å². The van der Waals surface area contributed by atoms with Gasteiger partial charge in [0, 0.05) is 17.7 Å². The maximum absolute atomic E-state index is 12.5. The van der Waals surface area contributed by atoms with Gasteiger partial charge in [-0.2, -0.15) is 0 Å². The summed E-state index contributed by atoms with van der Waals surface area (Å²) in [6, 6.07) is 15.5. The maximum Gasteiger partial charge on any atom is 0.233 e. The number of aryl methyl sites for hydroxylation is 1. The Morgan fingerprint density at radius 2 is 1.93 bits per heavy atom. The van der Waals surface area contributed by atoms with Gasteiger partial charge in [-0.1, -0.05) is 59.8 Å². The minimum Gasteiger partial charge on any atom is -0.496 e. The number of ether oxygens (including phenoxy) is 1. The second-order valence-corrected chi connectivity index (χ2v) is 7.64. The summed E-state index contributed by atoms with van der Waals surface area (Å²) in [6.45, 7) is 4.21. The van der Waals surface area contributed by atoms with Gasteiger partial charge in [-0.05, 0) is 19.9 Å². The maximum atomic E-state index is 12.5. The van der Waals surface area contributed by atoms with Crippen molar-refractivity contribution < 1.29 is 9.53 Å². The van der Waals surface area contributed by atoms with Crippen LogP contribution in [-0.4, -0.2) is 33.1 Å². The molecular formula is C20H23N5O2S. The van der Waals surface area contributed by atoms with Crippen LogP contribution < -0.4 is 15.9 Å². The molecule has 1 amide bonds. The Kier molecular flexibility index (Phi) is 6.20. The highest BCUT2D eigenvalue weighted by Gasteiger charge is 2.20. The van der Waals surface area contributed by atoms with Crippen molar-refractivity contribution in [2.45, 2.75) is 30.8 Å². The molecule has 28 heavy (non-hydrogen) atoms. The van der Waals surface area contributed by atoms with Crippen molar-refractivity contribution in [3.05, 3.63) is 59.7 Å². The number of carbonyl (C=O) groups is 1. The zero-order valence-electron chi connectivity index (χ0n) is 16.0. The molecule has 1 heterocycles. The molecule has 146 valence electrons. The molecule has 0 saturated heterocycles. The number of nitrogens with two attached hydrogens (primary N) is 1. The van der Waals surface area contributed by atoms with E-state index < -0.39 is 0 Å². The van der Waals surface area contributed by atoms with Crippen molar-refractivity contribution in [2.75, 3.05) is 13.0 Å². The van der Waals surface area contributed by atoms with Crippen LogP contribution in [0.5, 0.6) is 5.75 Å². The van der Waals surface area contributed by atoms with Crippen LogP contribution in [0.3, 0.4) is 0 Å². The van der Waals surface area contributed by atoms with E-state index in [4.69, 9.17) is 10.6 Å². The van der Waals surface area contributed by atoms with Gasteiger partial charge in [0.2, 0.25) is 11.1 Å². The summed E-state index contributed by atoms with van der Waals surface area (Å²) in [5.74, 6) is 7.33. The quantitative estimate of drug-likeness (QED) is 0.470. The summed E-state index contributed by atoms with van der Waals surface area (Å²) in [7, 11) is 1.61. The summed E-state index contributed by atoms with van der Waals surface area (Å²) in [5.41, 5.74) is 2.95. The Hall–Kier alpha value is -3.00. The van der Waals surface area contributed by atoms with Gasteiger partial charge in [-0.15, -0.1) is 10.2 Å². The molecule has 0 aliphatic heterocycles. The van der Waals surface area contributed by atoms with Gasteiger partial charge in [0.1, 0.15) is 5.75 Å². The minimum absolute atomic E-state index is 0.115. The largest absolute Gasteiger partial charge is 0.496 e. The second kappa shape index (κ2) is 8.79. The lowest BCUT2D eigenvalue weighted by Gasteiger charge is -2.13. The monoisotopic (exact) mass is 397 g/mol. The number of nitrogen functional groups attached to an aromatic ring is 1. The first-order valence-electron chi connectivity index (χ1n) is 8.83. The van der Waals surface area contributed by atoms with Crippen LogP contribution in [0.4, 0.5) is 0 Å². The number of hydrogen-bond donors (Lipinski definition) is 2. The van der Waals surface area contributed by atoms with E-state index in [2.05, 4.69) is 15.5 Å². The van der Waals surface area contributed by atoms with Crippen LogP contribution in [0.15, 0.2) is 53.7 Å². The van der Waals surface area contributed by atoms with Crippen LogP contribution in [-0.2, 0) is 11.3 Å². The van der Waals surface area contributed by atoms with E-state index in [1.807, 2.05) is 62.4 Å². The lowest BCUT2D eigenvalue weighted by Crippen LogP contribution is -2.31. The van der Waals surface area contributed by atoms with Gasteiger partial charge >= 0.3 is 0 Å². The predicted octanol–water partition coefficient (Wildman–Crippen LogP) is 2.77. The van der Waals surface area contributed by atoms with Gasteiger partial charge in [0.05, 0.1) is 12.4 Å². The first-order chi connectivity index (χ1) is 13.5. The van der Waals surface area contributed by atoms with Crippen molar-refractivity contribution in [3.63, 3.8) is 0 Å². The molecule has 0 bridgehead atoms. The topological polar surface area (TPSA) is 95.1 Å². The number of aromatic nitrogens is 3. The number of thioether (sulfide) groups is 1. The fourth-order valence-electron chi connectivity index (χ4n) is 2.64. The van der Waals surface area contributed by atoms with Crippen molar-refractivity contribution in [1.29, 1.82) is 0 Å². The zero-order chi connectivity index (χ0) is 20.1. The molecule has 1 atom stereocenters. The summed E-state index contributed by atoms with van der Waals surface area (Å²) in [5, 5.41) is 11.3. The van der Waals surface area contributed by atoms with Crippen LogP contribution in [0.2, 0.25) is 0 Å². The van der Waals surface area contributed by atoms with E-state index in [0.29, 0.717) is 17.5 Å². The molecule has 0 unspecified atom stereocenters. The zero-order valence-corrected chi connectivity index (χ0v) is 16.9. The van der Waals surface area contributed by atoms with Gasteiger partial charge in [-0.25, -0.2) is 4.68 Å². The Morgan fingerprint density at radius 1 is 1.21 bits per heavy atom. The normalized spacial score (nSPS) is 11.8. The summed E-state index contributed by atoms with van der Waals surface area (Å²) in [6.07, 6.45) is 0. The number of para-hydroxylation sites is 1. The molecule has 0 saturated carbocycles. The highest BCUT2D eigenvalue weighted by Crippen LogP contribution is 2.25. The van der Waals surface area contributed by atoms with Crippen molar-refractivity contribution in [3.8, 4) is 17.1 Å². The first-order valence-corrected chi connectivity index (χ1v) is 9.71. The molecule has 0 fully saturated rings. The molecule has 1 aromatic heterocycles. The smallest absolute Gasteiger partial charge is 0.233 e. The molecule has 3 N–H and O–H groups in total. The van der Waals surface area contributed by atoms with Gasteiger partial charge < -0.3 is 15.9 Å². The Balaban J connectivity index is 1.63. The first kappa shape index (κ1) is 19.8. The number of hydrogen-bond acceptors (Lipinski definition) is 6. The number of nitrogens with one attached hydrogen (secondary N) is 1. The third kappa shape index (κ3) is 4.45.